The summed E-state index contributed by atoms with van der Waals surface area (Å²) in [6.45, 7) is 5.59. The van der Waals surface area contributed by atoms with Gasteiger partial charge in [-0.05, 0) is 31.1 Å². The molecule has 1 aliphatic carbocycles. The predicted molar refractivity (Wildman–Crippen MR) is 68.5 cm³/mol. The van der Waals surface area contributed by atoms with E-state index in [0.717, 1.165) is 19.3 Å². The second-order valence-electron chi connectivity index (χ2n) is 5.46. The molecule has 0 aromatic rings. The van der Waals surface area contributed by atoms with E-state index in [4.69, 9.17) is 10.5 Å². The Bertz CT molecular complexity index is 246. The number of methoxy groups -OCH3 is 1. The van der Waals surface area contributed by atoms with Crippen molar-refractivity contribution in [1.29, 1.82) is 0 Å². The first-order valence-corrected chi connectivity index (χ1v) is 6.56. The molecule has 1 amide bonds. The number of ether oxygens (including phenoxy) is 1. The summed E-state index contributed by atoms with van der Waals surface area (Å²) in [6, 6.07) is 0.270. The van der Waals surface area contributed by atoms with E-state index in [1.54, 1.807) is 7.11 Å². The number of nitrogens with one attached hydrogen (secondary N) is 1. The molecule has 4 atom stereocenters. The Morgan fingerprint density at radius 2 is 2.24 bits per heavy atom. The molecule has 0 spiro atoms. The predicted octanol–water partition coefficient (Wildman–Crippen LogP) is 1.15. The van der Waals surface area contributed by atoms with Gasteiger partial charge in [0, 0.05) is 25.6 Å². The summed E-state index contributed by atoms with van der Waals surface area (Å²) < 4.78 is 5.04. The molecule has 4 nitrogen and oxygen atoms in total. The van der Waals surface area contributed by atoms with Gasteiger partial charge in [0.2, 0.25) is 5.91 Å². The van der Waals surface area contributed by atoms with Gasteiger partial charge in [0.15, 0.2) is 0 Å². The molecule has 1 saturated carbocycles. The van der Waals surface area contributed by atoms with Crippen molar-refractivity contribution in [3.05, 3.63) is 0 Å². The van der Waals surface area contributed by atoms with Crippen LogP contribution in [-0.4, -0.2) is 32.2 Å². The minimum atomic E-state index is 0.152. The van der Waals surface area contributed by atoms with Crippen LogP contribution in [-0.2, 0) is 9.53 Å². The Morgan fingerprint density at radius 3 is 2.82 bits per heavy atom. The summed E-state index contributed by atoms with van der Waals surface area (Å²) in [5.74, 6) is 1.16. The summed E-state index contributed by atoms with van der Waals surface area (Å²) in [4.78, 5) is 12.0. The van der Waals surface area contributed by atoms with Crippen molar-refractivity contribution in [2.24, 2.45) is 23.5 Å². The highest BCUT2D eigenvalue weighted by atomic mass is 16.5. The Morgan fingerprint density at radius 1 is 1.53 bits per heavy atom. The van der Waals surface area contributed by atoms with E-state index in [1.807, 2.05) is 0 Å². The highest BCUT2D eigenvalue weighted by molar-refractivity contribution is 5.78. The van der Waals surface area contributed by atoms with Crippen molar-refractivity contribution in [3.8, 4) is 0 Å². The molecule has 1 fully saturated rings. The highest BCUT2D eigenvalue weighted by Gasteiger charge is 2.29. The van der Waals surface area contributed by atoms with Gasteiger partial charge in [0.25, 0.3) is 0 Å². The van der Waals surface area contributed by atoms with Crippen LogP contribution in [0.3, 0.4) is 0 Å². The molecule has 0 aliphatic heterocycles. The zero-order valence-corrected chi connectivity index (χ0v) is 11.2. The van der Waals surface area contributed by atoms with Gasteiger partial charge < -0.3 is 15.8 Å². The lowest BCUT2D eigenvalue weighted by molar-refractivity contribution is -0.126. The largest absolute Gasteiger partial charge is 0.384 e. The molecule has 0 bridgehead atoms. The molecule has 1 rings (SSSR count). The first kappa shape index (κ1) is 14.5. The van der Waals surface area contributed by atoms with Crippen LogP contribution in [0.25, 0.3) is 0 Å². The Hall–Kier alpha value is -0.610. The Kier molecular flexibility index (Phi) is 5.92. The highest BCUT2D eigenvalue weighted by Crippen LogP contribution is 2.27. The van der Waals surface area contributed by atoms with Gasteiger partial charge in [-0.15, -0.1) is 0 Å². The lowest BCUT2D eigenvalue weighted by atomic mass is 9.79. The Balaban J connectivity index is 2.28. The van der Waals surface area contributed by atoms with Crippen LogP contribution >= 0.6 is 0 Å². The molecule has 4 unspecified atom stereocenters. The zero-order chi connectivity index (χ0) is 12.8. The van der Waals surface area contributed by atoms with E-state index in [9.17, 15) is 4.79 Å². The monoisotopic (exact) mass is 242 g/mol. The standard InChI is InChI=1S/C13H26N2O2/c1-9(8-17-3)7-15-13(16)11-4-5-12(14)10(2)6-11/h9-12H,4-8,14H2,1-3H3,(H,15,16). The second kappa shape index (κ2) is 6.97. The minimum Gasteiger partial charge on any atom is -0.384 e. The van der Waals surface area contributed by atoms with E-state index >= 15 is 0 Å². The van der Waals surface area contributed by atoms with Crippen molar-refractivity contribution < 1.29 is 9.53 Å². The number of hydrogen-bond donors (Lipinski definition) is 2. The quantitative estimate of drug-likeness (QED) is 0.760. The van der Waals surface area contributed by atoms with Crippen LogP contribution < -0.4 is 11.1 Å². The third-order valence-corrected chi connectivity index (χ3v) is 3.68. The molecular weight excluding hydrogens is 216 g/mol. The lowest BCUT2D eigenvalue weighted by Crippen LogP contribution is -2.41. The van der Waals surface area contributed by atoms with Crippen molar-refractivity contribution in [2.45, 2.75) is 39.2 Å². The smallest absolute Gasteiger partial charge is 0.223 e. The van der Waals surface area contributed by atoms with Gasteiger partial charge in [-0.2, -0.15) is 0 Å². The molecule has 100 valence electrons. The van der Waals surface area contributed by atoms with Gasteiger partial charge in [-0.3, -0.25) is 4.79 Å². The summed E-state index contributed by atoms with van der Waals surface area (Å²) in [6.07, 6.45) is 2.81. The van der Waals surface area contributed by atoms with Crippen molar-refractivity contribution >= 4 is 5.91 Å². The number of rotatable bonds is 5. The third kappa shape index (κ3) is 4.64. The molecule has 17 heavy (non-hydrogen) atoms. The third-order valence-electron chi connectivity index (χ3n) is 3.68. The van der Waals surface area contributed by atoms with Crippen molar-refractivity contribution in [2.75, 3.05) is 20.3 Å². The molecule has 0 radical (unpaired) electrons. The van der Waals surface area contributed by atoms with Gasteiger partial charge >= 0.3 is 0 Å². The van der Waals surface area contributed by atoms with E-state index in [0.29, 0.717) is 25.0 Å². The maximum atomic E-state index is 12.0. The molecule has 4 heteroatoms. The van der Waals surface area contributed by atoms with Gasteiger partial charge in [-0.25, -0.2) is 0 Å². The minimum absolute atomic E-state index is 0.152. The lowest BCUT2D eigenvalue weighted by Gasteiger charge is -2.31. The average Bonchev–Trinajstić information content (AvgIpc) is 2.30. The summed E-state index contributed by atoms with van der Waals surface area (Å²) >= 11 is 0. The molecule has 0 aromatic heterocycles. The summed E-state index contributed by atoms with van der Waals surface area (Å²) in [7, 11) is 1.68. The Labute approximate surface area is 104 Å². The van der Waals surface area contributed by atoms with Gasteiger partial charge in [-0.1, -0.05) is 13.8 Å². The van der Waals surface area contributed by atoms with E-state index in [2.05, 4.69) is 19.2 Å². The molecule has 0 aromatic carbocycles. The van der Waals surface area contributed by atoms with E-state index in [-0.39, 0.29) is 17.9 Å². The van der Waals surface area contributed by atoms with E-state index in [1.165, 1.54) is 0 Å². The fourth-order valence-corrected chi connectivity index (χ4v) is 2.42. The second-order valence-corrected chi connectivity index (χ2v) is 5.46. The average molecular weight is 242 g/mol. The fourth-order valence-electron chi connectivity index (χ4n) is 2.42. The molecule has 3 N–H and O–H groups in total. The molecule has 0 saturated heterocycles. The SMILES string of the molecule is COCC(C)CNC(=O)C1CCC(N)C(C)C1. The molecule has 0 heterocycles. The normalized spacial score (nSPS) is 30.9. The maximum absolute atomic E-state index is 12.0. The van der Waals surface area contributed by atoms with Gasteiger partial charge in [0.1, 0.15) is 0 Å². The van der Waals surface area contributed by atoms with Crippen LogP contribution in [0.5, 0.6) is 0 Å². The van der Waals surface area contributed by atoms with Crippen LogP contribution in [0, 0.1) is 17.8 Å². The number of carbonyl (C=O) groups excluding carboxylic acids is 1. The van der Waals surface area contributed by atoms with Crippen LogP contribution in [0.2, 0.25) is 0 Å². The first-order chi connectivity index (χ1) is 8.04. The van der Waals surface area contributed by atoms with Crippen LogP contribution in [0.4, 0.5) is 0 Å². The summed E-state index contributed by atoms with van der Waals surface area (Å²) in [5.41, 5.74) is 5.95. The zero-order valence-electron chi connectivity index (χ0n) is 11.2. The van der Waals surface area contributed by atoms with Crippen LogP contribution in [0.15, 0.2) is 0 Å². The van der Waals surface area contributed by atoms with Crippen molar-refractivity contribution in [1.82, 2.24) is 5.32 Å². The number of amides is 1. The topological polar surface area (TPSA) is 64.3 Å². The number of nitrogens with two attached hydrogens (primary N) is 1. The fraction of sp³-hybridized carbons (Fsp3) is 0.923. The van der Waals surface area contributed by atoms with Gasteiger partial charge in [0.05, 0.1) is 6.61 Å². The van der Waals surface area contributed by atoms with Crippen LogP contribution in [0.1, 0.15) is 33.1 Å². The number of carbonyl (C=O) groups is 1. The van der Waals surface area contributed by atoms with E-state index < -0.39 is 0 Å². The number of hydrogen-bond acceptors (Lipinski definition) is 3. The first-order valence-electron chi connectivity index (χ1n) is 6.56. The maximum Gasteiger partial charge on any atom is 0.223 e. The summed E-state index contributed by atoms with van der Waals surface area (Å²) in [5, 5.41) is 3.01. The molecular formula is C13H26N2O2. The molecule has 1 aliphatic rings. The van der Waals surface area contributed by atoms with Crippen molar-refractivity contribution in [3.63, 3.8) is 0 Å².